The zero-order chi connectivity index (χ0) is 17.4. The Kier molecular flexibility index (Phi) is 4.07. The summed E-state index contributed by atoms with van der Waals surface area (Å²) in [5, 5.41) is 9.16. The van der Waals surface area contributed by atoms with E-state index in [0.717, 1.165) is 33.4 Å². The van der Waals surface area contributed by atoms with Gasteiger partial charge in [-0.1, -0.05) is 41.9 Å². The number of hydrogen-bond donors (Lipinski definition) is 2. The molecule has 0 atom stereocenters. The Morgan fingerprint density at radius 3 is 2.56 bits per heavy atom. The summed E-state index contributed by atoms with van der Waals surface area (Å²) in [6.07, 6.45) is 3.67. The molecule has 0 unspecified atom stereocenters. The van der Waals surface area contributed by atoms with Crippen LogP contribution in [0.5, 0.6) is 0 Å². The lowest BCUT2D eigenvalue weighted by Gasteiger charge is -2.12. The summed E-state index contributed by atoms with van der Waals surface area (Å²) in [5.41, 5.74) is 10.2. The van der Waals surface area contributed by atoms with E-state index in [-0.39, 0.29) is 0 Å². The van der Waals surface area contributed by atoms with Crippen LogP contribution in [-0.2, 0) is 0 Å². The van der Waals surface area contributed by atoms with Crippen LogP contribution in [0, 0.1) is 0 Å². The summed E-state index contributed by atoms with van der Waals surface area (Å²) in [5.74, 6) is 0.422. The summed E-state index contributed by atoms with van der Waals surface area (Å²) in [4.78, 5) is 9.37. The number of thioether (sulfide) groups is 1. The molecule has 4 rings (SSSR count). The number of hydrogen-bond acceptors (Lipinski definition) is 5. The quantitative estimate of drug-likeness (QED) is 0.515. The molecule has 0 fully saturated rings. The van der Waals surface area contributed by atoms with E-state index in [9.17, 15) is 0 Å². The van der Waals surface area contributed by atoms with Gasteiger partial charge in [-0.05, 0) is 18.4 Å². The molecule has 0 amide bonds. The third-order valence-electron chi connectivity index (χ3n) is 3.90. The van der Waals surface area contributed by atoms with Gasteiger partial charge >= 0.3 is 0 Å². The highest BCUT2D eigenvalue weighted by Crippen LogP contribution is 2.36. The molecule has 124 valence electrons. The summed E-state index contributed by atoms with van der Waals surface area (Å²) < 4.78 is 0. The minimum Gasteiger partial charge on any atom is -0.381 e. The Bertz CT molecular complexity index is 1060. The molecular formula is C18H14ClN5S. The number of aromatic amines is 1. The van der Waals surface area contributed by atoms with Crippen molar-refractivity contribution in [2.45, 2.75) is 5.03 Å². The first kappa shape index (κ1) is 15.9. The first-order valence-electron chi connectivity index (χ1n) is 7.57. The van der Waals surface area contributed by atoms with Gasteiger partial charge in [0.25, 0.3) is 0 Å². The number of anilines is 1. The molecule has 25 heavy (non-hydrogen) atoms. The van der Waals surface area contributed by atoms with E-state index in [1.54, 1.807) is 6.20 Å². The predicted octanol–water partition coefficient (Wildman–Crippen LogP) is 4.64. The lowest BCUT2D eigenvalue weighted by atomic mass is 10.0. The van der Waals surface area contributed by atoms with Gasteiger partial charge in [0.05, 0.1) is 28.1 Å². The summed E-state index contributed by atoms with van der Waals surface area (Å²) >= 11 is 7.87. The Balaban J connectivity index is 2.01. The van der Waals surface area contributed by atoms with Crippen LogP contribution in [0.1, 0.15) is 0 Å². The standard InChI is InChI=1S/C18H14ClN5S/c1-25-18-17(20)22-15(10-5-3-2-4-6-10)16(23-18)11-7-12-9-21-24-14(12)13(19)8-11/h2-9H,1H3,(H2,20,22)(H,21,24). The number of nitrogens with zero attached hydrogens (tertiary/aromatic N) is 3. The van der Waals surface area contributed by atoms with E-state index in [4.69, 9.17) is 22.3 Å². The molecule has 7 heteroatoms. The second kappa shape index (κ2) is 6.38. The van der Waals surface area contributed by atoms with E-state index in [1.807, 2.05) is 48.7 Å². The fraction of sp³-hybridized carbons (Fsp3) is 0.0556. The Labute approximate surface area is 153 Å². The molecule has 0 aliphatic rings. The molecule has 0 saturated heterocycles. The van der Waals surface area contributed by atoms with Crippen molar-refractivity contribution in [2.24, 2.45) is 0 Å². The van der Waals surface area contributed by atoms with Crippen LogP contribution < -0.4 is 5.73 Å². The highest BCUT2D eigenvalue weighted by atomic mass is 35.5. The van der Waals surface area contributed by atoms with Crippen molar-refractivity contribution >= 4 is 40.1 Å². The van der Waals surface area contributed by atoms with Crippen LogP contribution in [0.15, 0.2) is 53.7 Å². The predicted molar refractivity (Wildman–Crippen MR) is 104 cm³/mol. The van der Waals surface area contributed by atoms with E-state index in [0.29, 0.717) is 15.9 Å². The van der Waals surface area contributed by atoms with Gasteiger partial charge in [-0.3, -0.25) is 5.10 Å². The van der Waals surface area contributed by atoms with Crippen LogP contribution in [0.2, 0.25) is 5.02 Å². The highest BCUT2D eigenvalue weighted by molar-refractivity contribution is 7.98. The van der Waals surface area contributed by atoms with Crippen molar-refractivity contribution in [1.82, 2.24) is 20.2 Å². The number of nitrogen functional groups attached to an aromatic ring is 1. The van der Waals surface area contributed by atoms with Gasteiger partial charge in [0.15, 0.2) is 5.82 Å². The van der Waals surface area contributed by atoms with Gasteiger partial charge in [-0.2, -0.15) is 5.10 Å². The normalized spacial score (nSPS) is 11.1. The monoisotopic (exact) mass is 367 g/mol. The maximum absolute atomic E-state index is 6.41. The Morgan fingerprint density at radius 1 is 1.04 bits per heavy atom. The van der Waals surface area contributed by atoms with Crippen LogP contribution in [-0.4, -0.2) is 26.4 Å². The molecule has 2 heterocycles. The number of H-pyrrole nitrogens is 1. The van der Waals surface area contributed by atoms with Crippen LogP contribution in [0.3, 0.4) is 0 Å². The Hall–Kier alpha value is -2.57. The average Bonchev–Trinajstić information content (AvgIpc) is 3.11. The molecule has 0 aliphatic heterocycles. The smallest absolute Gasteiger partial charge is 0.156 e. The van der Waals surface area contributed by atoms with Crippen molar-refractivity contribution < 1.29 is 0 Å². The third-order valence-corrected chi connectivity index (χ3v) is 4.89. The third kappa shape index (κ3) is 2.83. The van der Waals surface area contributed by atoms with Crippen LogP contribution >= 0.6 is 23.4 Å². The van der Waals surface area contributed by atoms with Gasteiger partial charge in [-0.25, -0.2) is 9.97 Å². The number of nitrogens with two attached hydrogens (primary N) is 1. The van der Waals surface area contributed by atoms with Gasteiger partial charge < -0.3 is 5.73 Å². The summed E-state index contributed by atoms with van der Waals surface area (Å²) in [7, 11) is 0. The van der Waals surface area contributed by atoms with Crippen molar-refractivity contribution in [3.05, 3.63) is 53.7 Å². The highest BCUT2D eigenvalue weighted by Gasteiger charge is 2.17. The summed E-state index contributed by atoms with van der Waals surface area (Å²) in [6, 6.07) is 13.7. The van der Waals surface area contributed by atoms with Gasteiger partial charge in [0.1, 0.15) is 5.03 Å². The van der Waals surface area contributed by atoms with E-state index in [1.165, 1.54) is 11.8 Å². The molecule has 0 saturated carbocycles. The molecular weight excluding hydrogens is 354 g/mol. The zero-order valence-corrected chi connectivity index (χ0v) is 14.9. The molecule has 4 aromatic rings. The number of fused-ring (bicyclic) bond motifs is 1. The maximum atomic E-state index is 6.41. The van der Waals surface area contributed by atoms with Crippen LogP contribution in [0.25, 0.3) is 33.4 Å². The van der Waals surface area contributed by atoms with Gasteiger partial charge in [-0.15, -0.1) is 11.8 Å². The second-order valence-electron chi connectivity index (χ2n) is 5.47. The number of aromatic nitrogens is 4. The van der Waals surface area contributed by atoms with E-state index < -0.39 is 0 Å². The molecule has 2 aromatic carbocycles. The minimum atomic E-state index is 0.422. The van der Waals surface area contributed by atoms with Crippen molar-refractivity contribution in [2.75, 3.05) is 12.0 Å². The minimum absolute atomic E-state index is 0.422. The van der Waals surface area contributed by atoms with E-state index in [2.05, 4.69) is 15.2 Å². The lowest BCUT2D eigenvalue weighted by Crippen LogP contribution is -2.01. The number of rotatable bonds is 3. The van der Waals surface area contributed by atoms with Gasteiger partial charge in [0, 0.05) is 16.5 Å². The van der Waals surface area contributed by atoms with E-state index >= 15 is 0 Å². The fourth-order valence-corrected chi connectivity index (χ4v) is 3.44. The molecule has 0 aliphatic carbocycles. The first-order chi connectivity index (χ1) is 12.2. The lowest BCUT2D eigenvalue weighted by molar-refractivity contribution is 1.08. The molecule has 0 bridgehead atoms. The van der Waals surface area contributed by atoms with Crippen molar-refractivity contribution in [3.8, 4) is 22.5 Å². The zero-order valence-electron chi connectivity index (χ0n) is 13.3. The molecule has 2 aromatic heterocycles. The topological polar surface area (TPSA) is 80.5 Å². The van der Waals surface area contributed by atoms with Crippen molar-refractivity contribution in [3.63, 3.8) is 0 Å². The Morgan fingerprint density at radius 2 is 1.80 bits per heavy atom. The fourth-order valence-electron chi connectivity index (χ4n) is 2.73. The average molecular weight is 368 g/mol. The second-order valence-corrected chi connectivity index (χ2v) is 6.68. The largest absolute Gasteiger partial charge is 0.381 e. The number of benzene rings is 2. The van der Waals surface area contributed by atoms with Crippen LogP contribution in [0.4, 0.5) is 5.82 Å². The van der Waals surface area contributed by atoms with Gasteiger partial charge in [0.2, 0.25) is 0 Å². The first-order valence-corrected chi connectivity index (χ1v) is 9.17. The van der Waals surface area contributed by atoms with Crippen molar-refractivity contribution in [1.29, 1.82) is 0 Å². The molecule has 3 N–H and O–H groups in total. The summed E-state index contributed by atoms with van der Waals surface area (Å²) in [6.45, 7) is 0. The maximum Gasteiger partial charge on any atom is 0.156 e. The molecule has 0 radical (unpaired) electrons. The number of nitrogens with one attached hydrogen (secondary N) is 1. The molecule has 0 spiro atoms. The molecule has 5 nitrogen and oxygen atoms in total. The SMILES string of the molecule is CSc1nc(-c2cc(Cl)c3[nH]ncc3c2)c(-c2ccccc2)nc1N. The number of halogens is 1.